The number of rotatable bonds is 6. The fourth-order valence-corrected chi connectivity index (χ4v) is 4.50. The van der Waals surface area contributed by atoms with Gasteiger partial charge in [-0.3, -0.25) is 9.52 Å². The molecule has 0 aliphatic heterocycles. The Balaban J connectivity index is 1.82. The molecule has 1 atom stereocenters. The van der Waals surface area contributed by atoms with Gasteiger partial charge in [-0.25, -0.2) is 8.42 Å². The zero-order valence-corrected chi connectivity index (χ0v) is 19.3. The second-order valence-electron chi connectivity index (χ2n) is 8.00. The average Bonchev–Trinajstić information content (AvgIpc) is 2.71. The lowest BCUT2D eigenvalue weighted by molar-refractivity contribution is 0.0940. The van der Waals surface area contributed by atoms with Gasteiger partial charge in [0.15, 0.2) is 0 Å². The summed E-state index contributed by atoms with van der Waals surface area (Å²) in [6.45, 7) is 9.67. The number of amides is 1. The van der Waals surface area contributed by atoms with E-state index in [0.717, 1.165) is 27.8 Å². The molecule has 0 aromatic heterocycles. The maximum Gasteiger partial charge on any atom is 0.261 e. The highest BCUT2D eigenvalue weighted by Gasteiger charge is 2.18. The summed E-state index contributed by atoms with van der Waals surface area (Å²) in [6.07, 6.45) is 0. The number of anilines is 1. The molecule has 0 aliphatic rings. The van der Waals surface area contributed by atoms with Crippen LogP contribution in [0.3, 0.4) is 0 Å². The van der Waals surface area contributed by atoms with E-state index in [-0.39, 0.29) is 16.8 Å². The smallest absolute Gasteiger partial charge is 0.261 e. The van der Waals surface area contributed by atoms with Crippen molar-refractivity contribution in [2.75, 3.05) is 4.72 Å². The summed E-state index contributed by atoms with van der Waals surface area (Å²) in [4.78, 5) is 13.0. The van der Waals surface area contributed by atoms with Crippen molar-refractivity contribution in [2.24, 2.45) is 0 Å². The molecular weight excluding hydrogens is 408 g/mol. The second-order valence-corrected chi connectivity index (χ2v) is 9.69. The lowest BCUT2D eigenvalue weighted by Crippen LogP contribution is -2.27. The van der Waals surface area contributed by atoms with Crippen LogP contribution in [0.5, 0.6) is 0 Å². The molecule has 1 amide bonds. The predicted octanol–water partition coefficient (Wildman–Crippen LogP) is 5.21. The molecular formula is C25H28N2O3S. The van der Waals surface area contributed by atoms with Crippen molar-refractivity contribution in [1.29, 1.82) is 0 Å². The predicted molar refractivity (Wildman–Crippen MR) is 125 cm³/mol. The highest BCUT2D eigenvalue weighted by atomic mass is 32.2. The number of benzene rings is 3. The Morgan fingerprint density at radius 3 is 2.10 bits per heavy atom. The average molecular weight is 437 g/mol. The van der Waals surface area contributed by atoms with Crippen LogP contribution in [0.25, 0.3) is 0 Å². The summed E-state index contributed by atoms with van der Waals surface area (Å²) >= 11 is 0. The number of hydrogen-bond donors (Lipinski definition) is 2. The minimum atomic E-state index is -3.75. The third-order valence-electron chi connectivity index (χ3n) is 5.32. The third kappa shape index (κ3) is 5.33. The molecule has 0 saturated carbocycles. The van der Waals surface area contributed by atoms with E-state index in [9.17, 15) is 13.2 Å². The van der Waals surface area contributed by atoms with Gasteiger partial charge in [-0.1, -0.05) is 47.5 Å². The first-order chi connectivity index (χ1) is 14.6. The highest BCUT2D eigenvalue weighted by molar-refractivity contribution is 7.92. The largest absolute Gasteiger partial charge is 0.346 e. The van der Waals surface area contributed by atoms with Crippen molar-refractivity contribution >= 4 is 21.6 Å². The number of carbonyl (C=O) groups is 1. The van der Waals surface area contributed by atoms with Gasteiger partial charge >= 0.3 is 0 Å². The van der Waals surface area contributed by atoms with E-state index in [0.29, 0.717) is 11.3 Å². The van der Waals surface area contributed by atoms with Crippen molar-refractivity contribution in [3.05, 3.63) is 94.0 Å². The second kappa shape index (κ2) is 8.94. The van der Waals surface area contributed by atoms with Gasteiger partial charge in [0, 0.05) is 5.56 Å². The Labute approximate surface area is 184 Å². The summed E-state index contributed by atoms with van der Waals surface area (Å²) in [5.41, 5.74) is 5.78. The number of nitrogens with one attached hydrogen (secondary N) is 2. The number of carbonyl (C=O) groups excluding carboxylic acids is 1. The fourth-order valence-electron chi connectivity index (χ4n) is 3.38. The van der Waals surface area contributed by atoms with Crippen LogP contribution in [0.1, 0.15) is 51.1 Å². The van der Waals surface area contributed by atoms with Crippen molar-refractivity contribution < 1.29 is 13.2 Å². The molecule has 0 radical (unpaired) electrons. The Morgan fingerprint density at radius 1 is 0.806 bits per heavy atom. The van der Waals surface area contributed by atoms with Gasteiger partial charge < -0.3 is 5.32 Å². The summed E-state index contributed by atoms with van der Waals surface area (Å²) in [5.74, 6) is -0.260. The first-order valence-corrected chi connectivity index (χ1v) is 11.6. The molecule has 0 aliphatic carbocycles. The van der Waals surface area contributed by atoms with Gasteiger partial charge in [0.25, 0.3) is 15.9 Å². The van der Waals surface area contributed by atoms with Crippen LogP contribution in [0, 0.1) is 27.7 Å². The normalized spacial score (nSPS) is 12.3. The van der Waals surface area contributed by atoms with E-state index in [1.54, 1.807) is 49.4 Å². The van der Waals surface area contributed by atoms with E-state index in [2.05, 4.69) is 16.1 Å². The number of sulfonamides is 1. The van der Waals surface area contributed by atoms with E-state index >= 15 is 0 Å². The van der Waals surface area contributed by atoms with Gasteiger partial charge in [0.2, 0.25) is 0 Å². The summed E-state index contributed by atoms with van der Waals surface area (Å²) < 4.78 is 28.1. The van der Waals surface area contributed by atoms with Crippen LogP contribution in [0.15, 0.2) is 65.6 Å². The third-order valence-corrected chi connectivity index (χ3v) is 6.71. The van der Waals surface area contributed by atoms with Gasteiger partial charge in [0.05, 0.1) is 16.6 Å². The highest BCUT2D eigenvalue weighted by Crippen LogP contribution is 2.23. The molecule has 0 bridgehead atoms. The SMILES string of the molecule is Cc1ccc(S(=O)(=O)Nc2cc(C(=O)N[C@H](C)c3cc(C)ccc3C)ccc2C)cc1. The molecule has 31 heavy (non-hydrogen) atoms. The standard InChI is InChI=1S/C25H28N2O3S/c1-16-7-12-22(13-8-16)31(29,30)27-24-15-21(11-10-19(24)4)25(28)26-20(5)23-14-17(2)6-9-18(23)3/h6-15,20,27H,1-5H3,(H,26,28)/t20-/m1/s1. The lowest BCUT2D eigenvalue weighted by Gasteiger charge is -2.18. The van der Waals surface area contributed by atoms with Gasteiger partial charge in [-0.15, -0.1) is 0 Å². The van der Waals surface area contributed by atoms with Crippen LogP contribution in [0.4, 0.5) is 5.69 Å². The van der Waals surface area contributed by atoms with Crippen LogP contribution in [-0.2, 0) is 10.0 Å². The minimum absolute atomic E-state index is 0.177. The molecule has 3 aromatic rings. The van der Waals surface area contributed by atoms with Gasteiger partial charge in [-0.2, -0.15) is 0 Å². The maximum absolute atomic E-state index is 12.9. The fraction of sp³-hybridized carbons (Fsp3) is 0.240. The van der Waals surface area contributed by atoms with E-state index in [1.165, 1.54) is 0 Å². The van der Waals surface area contributed by atoms with Crippen molar-refractivity contribution in [1.82, 2.24) is 5.32 Å². The molecule has 0 unspecified atom stereocenters. The topological polar surface area (TPSA) is 75.3 Å². The number of hydrogen-bond acceptors (Lipinski definition) is 3. The van der Waals surface area contributed by atoms with Gasteiger partial charge in [-0.05, 0) is 75.6 Å². The Bertz CT molecular complexity index is 1220. The first kappa shape index (κ1) is 22.6. The molecule has 0 saturated heterocycles. The first-order valence-electron chi connectivity index (χ1n) is 10.1. The van der Waals surface area contributed by atoms with Crippen molar-refractivity contribution in [3.8, 4) is 0 Å². The molecule has 162 valence electrons. The molecule has 2 N–H and O–H groups in total. The summed E-state index contributed by atoms with van der Waals surface area (Å²) in [6, 6.07) is 17.6. The molecule has 0 spiro atoms. The van der Waals surface area contributed by atoms with E-state index in [4.69, 9.17) is 0 Å². The summed E-state index contributed by atoms with van der Waals surface area (Å²) in [5, 5.41) is 3.01. The lowest BCUT2D eigenvalue weighted by atomic mass is 9.99. The Kier molecular flexibility index (Phi) is 6.51. The molecule has 3 rings (SSSR count). The monoisotopic (exact) mass is 436 g/mol. The Hall–Kier alpha value is -3.12. The molecule has 3 aromatic carbocycles. The maximum atomic E-state index is 12.9. The minimum Gasteiger partial charge on any atom is -0.346 e. The zero-order chi connectivity index (χ0) is 22.8. The zero-order valence-electron chi connectivity index (χ0n) is 18.5. The molecule has 0 heterocycles. The van der Waals surface area contributed by atoms with Crippen LogP contribution < -0.4 is 10.0 Å². The number of aryl methyl sites for hydroxylation is 4. The molecule has 6 heteroatoms. The van der Waals surface area contributed by atoms with Crippen LogP contribution in [-0.4, -0.2) is 14.3 Å². The van der Waals surface area contributed by atoms with Crippen molar-refractivity contribution in [2.45, 2.75) is 45.6 Å². The molecule has 5 nitrogen and oxygen atoms in total. The van der Waals surface area contributed by atoms with Gasteiger partial charge in [0.1, 0.15) is 0 Å². The van der Waals surface area contributed by atoms with Crippen LogP contribution in [0.2, 0.25) is 0 Å². The van der Waals surface area contributed by atoms with E-state index < -0.39 is 10.0 Å². The van der Waals surface area contributed by atoms with Crippen LogP contribution >= 0.6 is 0 Å². The Morgan fingerprint density at radius 2 is 1.42 bits per heavy atom. The van der Waals surface area contributed by atoms with E-state index in [1.807, 2.05) is 39.8 Å². The summed E-state index contributed by atoms with van der Waals surface area (Å²) in [7, 11) is -3.75. The quantitative estimate of drug-likeness (QED) is 0.557. The molecule has 0 fully saturated rings. The van der Waals surface area contributed by atoms with Crippen molar-refractivity contribution in [3.63, 3.8) is 0 Å².